The fourth-order valence-corrected chi connectivity index (χ4v) is 6.67. The van der Waals surface area contributed by atoms with Gasteiger partial charge in [-0.15, -0.1) is 0 Å². The van der Waals surface area contributed by atoms with Crippen LogP contribution in [0.1, 0.15) is 70.7 Å². The van der Waals surface area contributed by atoms with Crippen LogP contribution in [0.3, 0.4) is 0 Å². The summed E-state index contributed by atoms with van der Waals surface area (Å²) in [4.78, 5) is 38.6. The number of aliphatic imine (C=N–C) groups is 1. The number of amides is 2. The summed E-state index contributed by atoms with van der Waals surface area (Å²) >= 11 is 6.41. The lowest BCUT2D eigenvalue weighted by molar-refractivity contribution is -0.164. The highest BCUT2D eigenvalue weighted by Gasteiger charge is 2.64. The lowest BCUT2D eigenvalue weighted by atomic mass is 9.75. The molecule has 288 valence electrons. The number of hydrogen-bond donors (Lipinski definition) is 2. The number of benzene rings is 2. The molecule has 0 unspecified atom stereocenters. The van der Waals surface area contributed by atoms with Crippen molar-refractivity contribution < 1.29 is 40.7 Å². The number of aryl methyl sites for hydroxylation is 1. The maximum atomic E-state index is 16.3. The number of halogens is 7. The van der Waals surface area contributed by atoms with Crippen molar-refractivity contribution in [2.75, 3.05) is 6.61 Å². The molecule has 0 radical (unpaired) electrons. The fraction of sp³-hybridized carbons (Fsp3) is 0.441. The van der Waals surface area contributed by atoms with Crippen molar-refractivity contribution in [3.63, 3.8) is 0 Å². The maximum Gasteiger partial charge on any atom is 0.411 e. The molecule has 20 heteroatoms. The van der Waals surface area contributed by atoms with E-state index in [9.17, 15) is 31.5 Å². The van der Waals surface area contributed by atoms with E-state index in [1.54, 1.807) is 26.8 Å². The summed E-state index contributed by atoms with van der Waals surface area (Å²) < 4.78 is 90.5. The average Bonchev–Trinajstić information content (AvgIpc) is 3.39. The van der Waals surface area contributed by atoms with Crippen LogP contribution in [0.25, 0.3) is 22.6 Å². The number of alkyl halides is 5. The molecule has 6 rings (SSSR count). The maximum absolute atomic E-state index is 16.3. The molecule has 2 aromatic carbocycles. The van der Waals surface area contributed by atoms with Crippen molar-refractivity contribution in [1.29, 1.82) is 0 Å². The summed E-state index contributed by atoms with van der Waals surface area (Å²) in [6.45, 7) is 3.80. The van der Waals surface area contributed by atoms with Crippen LogP contribution in [-0.4, -0.2) is 70.9 Å². The van der Waals surface area contributed by atoms with Gasteiger partial charge in [-0.3, -0.25) is 9.69 Å². The third kappa shape index (κ3) is 7.20. The highest BCUT2D eigenvalue weighted by atomic mass is 35.5. The first-order valence-corrected chi connectivity index (χ1v) is 17.1. The van der Waals surface area contributed by atoms with E-state index in [0.29, 0.717) is 22.5 Å². The number of carbonyl (C=O) groups is 2. The number of guanidine groups is 1. The predicted octanol–water partition coefficient (Wildman–Crippen LogP) is 6.76. The van der Waals surface area contributed by atoms with Gasteiger partial charge in [0.05, 0.1) is 23.8 Å². The molecule has 0 bridgehead atoms. The van der Waals surface area contributed by atoms with Crippen molar-refractivity contribution in [3.05, 3.63) is 70.9 Å². The molecule has 2 amide bonds. The Labute approximate surface area is 309 Å². The van der Waals surface area contributed by atoms with E-state index in [-0.39, 0.29) is 46.8 Å². The molecular formula is C34H35ClF6N10O3. The summed E-state index contributed by atoms with van der Waals surface area (Å²) in [6.07, 6.45) is -4.65. The van der Waals surface area contributed by atoms with Gasteiger partial charge in [0.25, 0.3) is 5.91 Å². The van der Waals surface area contributed by atoms with Gasteiger partial charge in [0.2, 0.25) is 0 Å². The van der Waals surface area contributed by atoms with Gasteiger partial charge in [0, 0.05) is 16.7 Å². The lowest BCUT2D eigenvalue weighted by Crippen LogP contribution is -2.50. The van der Waals surface area contributed by atoms with Gasteiger partial charge in [-0.05, 0) is 55.4 Å². The first-order valence-electron chi connectivity index (χ1n) is 16.7. The van der Waals surface area contributed by atoms with E-state index in [1.807, 2.05) is 12.2 Å². The number of rotatable bonds is 11. The van der Waals surface area contributed by atoms with Crippen LogP contribution in [0.2, 0.25) is 5.02 Å². The molecule has 3 heterocycles. The molecule has 1 saturated carbocycles. The SMILES string of the molecule is CCn1ncc(-c2ccc([C@@]3(CC(C)(C)C)N=C(N)N([C@H](COC(=O)NC4(C(F)(F)F)CC4)c4ccc(Cl)c(-c5ncnn5C(F)F)c4)C3=O)c(F)c2)n1. The molecule has 54 heavy (non-hydrogen) atoms. The van der Waals surface area contributed by atoms with Crippen molar-refractivity contribution in [3.8, 4) is 22.6 Å². The van der Waals surface area contributed by atoms with Gasteiger partial charge in [0.15, 0.2) is 17.3 Å². The Bertz CT molecular complexity index is 2110. The Morgan fingerprint density at radius 3 is 2.43 bits per heavy atom. The second kappa shape index (κ2) is 13.9. The van der Waals surface area contributed by atoms with Gasteiger partial charge in [-0.2, -0.15) is 46.7 Å². The molecule has 2 atom stereocenters. The van der Waals surface area contributed by atoms with Gasteiger partial charge < -0.3 is 15.8 Å². The zero-order chi connectivity index (χ0) is 39.4. The van der Waals surface area contributed by atoms with Crippen molar-refractivity contribution in [2.45, 2.75) is 83.3 Å². The van der Waals surface area contributed by atoms with E-state index in [4.69, 9.17) is 22.1 Å². The molecule has 1 aliphatic carbocycles. The Kier molecular flexibility index (Phi) is 9.91. The molecule has 3 N–H and O–H groups in total. The summed E-state index contributed by atoms with van der Waals surface area (Å²) in [5.74, 6) is -2.46. The van der Waals surface area contributed by atoms with E-state index >= 15 is 4.39 Å². The number of nitrogens with two attached hydrogens (primary N) is 1. The van der Waals surface area contributed by atoms with Crippen LogP contribution in [0.15, 0.2) is 53.9 Å². The molecule has 1 fully saturated rings. The van der Waals surface area contributed by atoms with Crippen LogP contribution in [0.4, 0.5) is 31.1 Å². The minimum absolute atomic E-state index is 0.0514. The third-order valence-corrected chi connectivity index (χ3v) is 9.46. The minimum Gasteiger partial charge on any atom is -0.447 e. The molecular weight excluding hydrogens is 746 g/mol. The number of nitrogens with zero attached hydrogens (tertiary/aromatic N) is 8. The number of hydrogen-bond acceptors (Lipinski definition) is 9. The zero-order valence-electron chi connectivity index (χ0n) is 29.3. The highest BCUT2D eigenvalue weighted by molar-refractivity contribution is 6.33. The molecule has 4 aromatic rings. The molecule has 2 aliphatic rings. The Hall–Kier alpha value is -5.20. The number of nitrogens with one attached hydrogen (secondary N) is 1. The normalized spacial score (nSPS) is 18.9. The van der Waals surface area contributed by atoms with Crippen molar-refractivity contribution >= 4 is 29.6 Å². The van der Waals surface area contributed by atoms with Crippen LogP contribution in [0, 0.1) is 11.2 Å². The monoisotopic (exact) mass is 780 g/mol. The van der Waals surface area contributed by atoms with Crippen molar-refractivity contribution in [2.24, 2.45) is 16.1 Å². The fourth-order valence-electron chi connectivity index (χ4n) is 6.46. The van der Waals surface area contributed by atoms with Crippen LogP contribution in [-0.2, 0) is 21.6 Å². The smallest absolute Gasteiger partial charge is 0.411 e. The lowest BCUT2D eigenvalue weighted by Gasteiger charge is -2.35. The summed E-state index contributed by atoms with van der Waals surface area (Å²) in [7, 11) is 0. The summed E-state index contributed by atoms with van der Waals surface area (Å²) in [6, 6.07) is 6.65. The van der Waals surface area contributed by atoms with Gasteiger partial charge in [-0.25, -0.2) is 19.2 Å². The summed E-state index contributed by atoms with van der Waals surface area (Å²) in [5, 5.41) is 13.8. The number of ether oxygens (including phenoxy) is 1. The Balaban J connectivity index is 1.43. The zero-order valence-corrected chi connectivity index (χ0v) is 30.1. The summed E-state index contributed by atoms with van der Waals surface area (Å²) in [5.41, 5.74) is 1.98. The number of alkyl carbamates (subject to hydrolysis) is 1. The third-order valence-electron chi connectivity index (χ3n) is 9.13. The quantitative estimate of drug-likeness (QED) is 0.158. The van der Waals surface area contributed by atoms with Gasteiger partial charge >= 0.3 is 18.8 Å². The molecule has 2 aromatic heterocycles. The van der Waals surface area contributed by atoms with E-state index in [0.717, 1.165) is 11.2 Å². The minimum atomic E-state index is -4.75. The van der Waals surface area contributed by atoms with Crippen LogP contribution in [0.5, 0.6) is 0 Å². The Morgan fingerprint density at radius 2 is 1.83 bits per heavy atom. The first-order chi connectivity index (χ1) is 25.3. The number of aromatic nitrogens is 6. The molecule has 1 aliphatic heterocycles. The molecule has 0 saturated heterocycles. The van der Waals surface area contributed by atoms with Gasteiger partial charge in [-0.1, -0.05) is 50.6 Å². The topological polar surface area (TPSA) is 158 Å². The van der Waals surface area contributed by atoms with E-state index < -0.39 is 65.6 Å². The molecule has 13 nitrogen and oxygen atoms in total. The van der Waals surface area contributed by atoms with Crippen LogP contribution < -0.4 is 11.1 Å². The number of carbonyl (C=O) groups excluding carboxylic acids is 2. The van der Waals surface area contributed by atoms with Gasteiger partial charge in [0.1, 0.15) is 30.0 Å². The predicted molar refractivity (Wildman–Crippen MR) is 182 cm³/mol. The van der Waals surface area contributed by atoms with Crippen molar-refractivity contribution in [1.82, 2.24) is 40.0 Å². The Morgan fingerprint density at radius 1 is 1.11 bits per heavy atom. The van der Waals surface area contributed by atoms with E-state index in [2.05, 4.69) is 25.3 Å². The van der Waals surface area contributed by atoms with Crippen LogP contribution >= 0.6 is 11.6 Å². The highest BCUT2D eigenvalue weighted by Crippen LogP contribution is 2.49. The standard InChI is InChI=1S/C34H35ClF6N10O3/c1-5-49-44-14-24(48-49)18-6-8-21(23(36)13-18)33(16-31(2,3)4)27(52)50(29(42)46-33)25(15-54-30(53)47-32(10-11-32)34(39,40)41)19-7-9-22(35)20(12-19)26-43-17-45-51(26)28(37)38/h6-9,12-14,17,25,28H,5,10-11,15-16H2,1-4H3,(H2,42,46)(H,47,53)/t25-,33-/m1/s1. The average molecular weight is 781 g/mol. The second-order valence-corrected chi connectivity index (χ2v) is 14.6. The van der Waals surface area contributed by atoms with E-state index in [1.165, 1.54) is 41.3 Å². The first kappa shape index (κ1) is 38.5. The largest absolute Gasteiger partial charge is 0.447 e. The second-order valence-electron chi connectivity index (χ2n) is 14.2. The molecule has 0 spiro atoms.